The molecule has 1 aromatic heterocycles. The highest BCUT2D eigenvalue weighted by Gasteiger charge is 2.50. The number of rotatable bonds is 6. The van der Waals surface area contributed by atoms with Crippen LogP contribution in [-0.4, -0.2) is 71.8 Å². The van der Waals surface area contributed by atoms with Crippen LogP contribution >= 0.6 is 0 Å². The Morgan fingerprint density at radius 1 is 1.17 bits per heavy atom. The van der Waals surface area contributed by atoms with Gasteiger partial charge in [-0.25, -0.2) is 4.79 Å². The Kier molecular flexibility index (Phi) is 6.17. The molecule has 0 unspecified atom stereocenters. The van der Waals surface area contributed by atoms with Gasteiger partial charge in [0.2, 0.25) is 0 Å². The molecule has 2 aromatic carbocycles. The SMILES string of the molecule is CN(C)c1cccc(Oc2nnnn2[C@@H]2CO[C@@H]3[C@@H]2OC[C@@H]3NC(=O)Nc2cccc(C#N)c2)c1. The van der Waals surface area contributed by atoms with Gasteiger partial charge in [-0.2, -0.15) is 9.94 Å². The first-order valence-electron chi connectivity index (χ1n) is 11.1. The molecule has 12 nitrogen and oxygen atoms in total. The number of anilines is 2. The van der Waals surface area contributed by atoms with Gasteiger partial charge in [-0.15, -0.1) is 0 Å². The molecule has 3 aromatic rings. The highest BCUT2D eigenvalue weighted by atomic mass is 16.6. The van der Waals surface area contributed by atoms with Crippen LogP contribution in [0.3, 0.4) is 0 Å². The molecule has 2 aliphatic rings. The third-order valence-electron chi connectivity index (χ3n) is 5.91. The molecular formula is C23H24N8O4. The Labute approximate surface area is 201 Å². The third kappa shape index (κ3) is 4.72. The van der Waals surface area contributed by atoms with Crippen molar-refractivity contribution in [3.8, 4) is 17.8 Å². The van der Waals surface area contributed by atoms with Gasteiger partial charge in [-0.05, 0) is 40.8 Å². The number of carbonyl (C=O) groups is 1. The molecule has 0 spiro atoms. The van der Waals surface area contributed by atoms with E-state index in [1.54, 1.807) is 28.9 Å². The monoisotopic (exact) mass is 476 g/mol. The van der Waals surface area contributed by atoms with Crippen molar-refractivity contribution in [3.63, 3.8) is 0 Å². The average molecular weight is 476 g/mol. The standard InChI is InChI=1S/C23H24N8O4/c1-30(2)16-7-4-8-17(10-16)35-23-27-28-29-31(23)19-13-34-20-18(12-33-21(19)20)26-22(32)25-15-6-3-5-14(9-15)11-24/h3-10,18-21H,12-13H2,1-2H3,(H2,25,26,32)/t18-,19+,20-,21+/m0/s1. The van der Waals surface area contributed by atoms with Crippen molar-refractivity contribution in [2.75, 3.05) is 37.5 Å². The first-order valence-corrected chi connectivity index (χ1v) is 11.1. The van der Waals surface area contributed by atoms with Gasteiger partial charge in [0.15, 0.2) is 0 Å². The van der Waals surface area contributed by atoms with Crippen molar-refractivity contribution in [2.24, 2.45) is 0 Å². The number of hydrogen-bond acceptors (Lipinski definition) is 9. The molecule has 3 heterocycles. The number of nitrogens with zero attached hydrogens (tertiary/aromatic N) is 6. The molecular weight excluding hydrogens is 452 g/mol. The van der Waals surface area contributed by atoms with Crippen LogP contribution in [0.25, 0.3) is 0 Å². The van der Waals surface area contributed by atoms with E-state index in [0.29, 0.717) is 23.6 Å². The van der Waals surface area contributed by atoms with Crippen LogP contribution < -0.4 is 20.3 Å². The molecule has 0 saturated carbocycles. The summed E-state index contributed by atoms with van der Waals surface area (Å²) in [6.07, 6.45) is -0.730. The number of tetrazole rings is 1. The molecule has 5 rings (SSSR count). The van der Waals surface area contributed by atoms with E-state index in [2.05, 4.69) is 26.2 Å². The summed E-state index contributed by atoms with van der Waals surface area (Å²) in [4.78, 5) is 14.5. The van der Waals surface area contributed by atoms with Gasteiger partial charge in [0, 0.05) is 31.5 Å². The molecule has 35 heavy (non-hydrogen) atoms. The summed E-state index contributed by atoms with van der Waals surface area (Å²) in [6.45, 7) is 0.583. The fourth-order valence-corrected chi connectivity index (χ4v) is 4.21. The lowest BCUT2D eigenvalue weighted by molar-refractivity contribution is 0.0613. The van der Waals surface area contributed by atoms with Gasteiger partial charge >= 0.3 is 12.0 Å². The largest absolute Gasteiger partial charge is 0.423 e. The number of nitrogens with one attached hydrogen (secondary N) is 2. The normalized spacial score (nSPS) is 22.8. The Balaban J connectivity index is 1.24. The minimum atomic E-state index is -0.409. The Morgan fingerprint density at radius 3 is 2.83 bits per heavy atom. The topological polar surface area (TPSA) is 139 Å². The summed E-state index contributed by atoms with van der Waals surface area (Å²) in [5.41, 5.74) is 1.97. The van der Waals surface area contributed by atoms with E-state index in [1.165, 1.54) is 0 Å². The number of fused-ring (bicyclic) bond motifs is 1. The van der Waals surface area contributed by atoms with Crippen LogP contribution in [0.15, 0.2) is 48.5 Å². The van der Waals surface area contributed by atoms with Crippen molar-refractivity contribution in [2.45, 2.75) is 24.3 Å². The van der Waals surface area contributed by atoms with Crippen molar-refractivity contribution >= 4 is 17.4 Å². The summed E-state index contributed by atoms with van der Waals surface area (Å²) in [5, 5.41) is 26.6. The second-order valence-corrected chi connectivity index (χ2v) is 8.46. The maximum atomic E-state index is 12.5. The zero-order valence-electron chi connectivity index (χ0n) is 19.2. The van der Waals surface area contributed by atoms with E-state index in [-0.39, 0.29) is 36.9 Å². The number of ether oxygens (including phenoxy) is 3. The lowest BCUT2D eigenvalue weighted by atomic mass is 10.1. The predicted molar refractivity (Wildman–Crippen MR) is 124 cm³/mol. The molecule has 0 radical (unpaired) electrons. The van der Waals surface area contributed by atoms with Gasteiger partial charge in [0.05, 0.1) is 30.9 Å². The molecule has 2 fully saturated rings. The number of hydrogen-bond donors (Lipinski definition) is 2. The summed E-state index contributed by atoms with van der Waals surface area (Å²) in [5.74, 6) is 0.603. The lowest BCUT2D eigenvalue weighted by Gasteiger charge is -2.18. The molecule has 2 amide bonds. The minimum absolute atomic E-state index is 0.227. The van der Waals surface area contributed by atoms with Crippen LogP contribution in [0.4, 0.5) is 16.2 Å². The van der Waals surface area contributed by atoms with Gasteiger partial charge in [-0.1, -0.05) is 17.2 Å². The molecule has 4 atom stereocenters. The van der Waals surface area contributed by atoms with Crippen LogP contribution in [0.5, 0.6) is 11.8 Å². The van der Waals surface area contributed by atoms with E-state index in [1.807, 2.05) is 49.3 Å². The quantitative estimate of drug-likeness (QED) is 0.546. The Morgan fingerprint density at radius 2 is 2.00 bits per heavy atom. The van der Waals surface area contributed by atoms with Gasteiger partial charge < -0.3 is 29.7 Å². The second-order valence-electron chi connectivity index (χ2n) is 8.46. The molecule has 2 saturated heterocycles. The van der Waals surface area contributed by atoms with E-state index < -0.39 is 6.03 Å². The maximum Gasteiger partial charge on any atom is 0.341 e. The predicted octanol–water partition coefficient (Wildman–Crippen LogP) is 1.93. The zero-order valence-corrected chi connectivity index (χ0v) is 19.2. The summed E-state index contributed by atoms with van der Waals surface area (Å²) in [7, 11) is 3.90. The lowest BCUT2D eigenvalue weighted by Crippen LogP contribution is -2.45. The summed E-state index contributed by atoms with van der Waals surface area (Å²) < 4.78 is 19.5. The van der Waals surface area contributed by atoms with Gasteiger partial charge in [-0.3, -0.25) is 0 Å². The second kappa shape index (κ2) is 9.57. The number of carbonyl (C=O) groups excluding carboxylic acids is 1. The molecule has 2 N–H and O–H groups in total. The van der Waals surface area contributed by atoms with Crippen LogP contribution in [0.1, 0.15) is 11.6 Å². The van der Waals surface area contributed by atoms with E-state index in [9.17, 15) is 4.79 Å². The fourth-order valence-electron chi connectivity index (χ4n) is 4.21. The summed E-state index contributed by atoms with van der Waals surface area (Å²) >= 11 is 0. The number of aromatic nitrogens is 4. The first kappa shape index (κ1) is 22.6. The highest BCUT2D eigenvalue weighted by Crippen LogP contribution is 2.36. The molecule has 180 valence electrons. The van der Waals surface area contributed by atoms with E-state index in [0.717, 1.165) is 5.69 Å². The first-order chi connectivity index (χ1) is 17.0. The summed E-state index contributed by atoms with van der Waals surface area (Å²) in [6, 6.07) is 15.5. The van der Waals surface area contributed by atoms with Crippen LogP contribution in [0, 0.1) is 11.3 Å². The molecule has 12 heteroatoms. The third-order valence-corrected chi connectivity index (χ3v) is 5.91. The molecule has 0 bridgehead atoms. The van der Waals surface area contributed by atoms with Crippen molar-refractivity contribution in [1.82, 2.24) is 25.5 Å². The Hall–Kier alpha value is -4.21. The number of nitriles is 1. The smallest absolute Gasteiger partial charge is 0.341 e. The number of amides is 2. The maximum absolute atomic E-state index is 12.5. The number of benzene rings is 2. The zero-order chi connectivity index (χ0) is 24.4. The van der Waals surface area contributed by atoms with Crippen LogP contribution in [0.2, 0.25) is 0 Å². The molecule has 2 aliphatic heterocycles. The van der Waals surface area contributed by atoms with Crippen LogP contribution in [-0.2, 0) is 9.47 Å². The van der Waals surface area contributed by atoms with Crippen molar-refractivity contribution in [3.05, 3.63) is 54.1 Å². The number of urea groups is 1. The van der Waals surface area contributed by atoms with E-state index in [4.69, 9.17) is 19.5 Å². The van der Waals surface area contributed by atoms with Gasteiger partial charge in [0.1, 0.15) is 24.0 Å². The highest BCUT2D eigenvalue weighted by molar-refractivity contribution is 5.89. The van der Waals surface area contributed by atoms with Crippen molar-refractivity contribution < 1.29 is 19.0 Å². The fraction of sp³-hybridized carbons (Fsp3) is 0.348. The minimum Gasteiger partial charge on any atom is -0.423 e. The Bertz CT molecular complexity index is 1260. The van der Waals surface area contributed by atoms with Gasteiger partial charge in [0.25, 0.3) is 0 Å². The van der Waals surface area contributed by atoms with Crippen molar-refractivity contribution in [1.29, 1.82) is 5.26 Å². The average Bonchev–Trinajstić information content (AvgIpc) is 3.57. The van der Waals surface area contributed by atoms with E-state index >= 15 is 0 Å². The molecule has 0 aliphatic carbocycles.